The van der Waals surface area contributed by atoms with Gasteiger partial charge in [-0.1, -0.05) is 41.4 Å². The van der Waals surface area contributed by atoms with Crippen molar-refractivity contribution in [3.63, 3.8) is 0 Å². The summed E-state index contributed by atoms with van der Waals surface area (Å²) in [6, 6.07) is 5.80. The second kappa shape index (κ2) is 5.85. The van der Waals surface area contributed by atoms with E-state index in [1.807, 2.05) is 32.0 Å². The fourth-order valence-corrected chi connectivity index (χ4v) is 2.13. The molecule has 0 aliphatic heterocycles. The van der Waals surface area contributed by atoms with Crippen LogP contribution in [-0.2, 0) is 0 Å². The lowest BCUT2D eigenvalue weighted by molar-refractivity contribution is 0.237. The van der Waals surface area contributed by atoms with Crippen LogP contribution in [0.5, 0.6) is 0 Å². The Morgan fingerprint density at radius 1 is 1.47 bits per heavy atom. The Hall–Kier alpha value is -0.0900. The average molecular weight is 293 g/mol. The molecule has 15 heavy (non-hydrogen) atoms. The first-order valence-corrected chi connectivity index (χ1v) is 6.03. The van der Waals surface area contributed by atoms with Gasteiger partial charge in [0.25, 0.3) is 0 Å². The second-order valence-corrected chi connectivity index (χ2v) is 5.01. The van der Waals surface area contributed by atoms with Gasteiger partial charge >= 0.3 is 0 Å². The monoisotopic (exact) mass is 291 g/mol. The lowest BCUT2D eigenvalue weighted by Crippen LogP contribution is -2.30. The summed E-state index contributed by atoms with van der Waals surface area (Å²) in [5.74, 6) is 0. The van der Waals surface area contributed by atoms with E-state index in [1.165, 1.54) is 0 Å². The van der Waals surface area contributed by atoms with Gasteiger partial charge in [0.2, 0.25) is 0 Å². The molecule has 0 aliphatic carbocycles. The largest absolute Gasteiger partial charge is 0.394 e. The van der Waals surface area contributed by atoms with Gasteiger partial charge in [0.15, 0.2) is 0 Å². The molecule has 0 fully saturated rings. The first-order chi connectivity index (χ1) is 7.04. The van der Waals surface area contributed by atoms with E-state index in [2.05, 4.69) is 21.2 Å². The SMILES string of the molecule is CC(C)NC(CO)c1cc(Cl)ccc1Br. The molecule has 0 spiro atoms. The van der Waals surface area contributed by atoms with Crippen molar-refractivity contribution in [2.24, 2.45) is 0 Å². The minimum atomic E-state index is -0.0851. The van der Waals surface area contributed by atoms with Crippen molar-refractivity contribution in [1.29, 1.82) is 0 Å². The third-order valence-electron chi connectivity index (χ3n) is 2.05. The standard InChI is InChI=1S/C11H15BrClNO/c1-7(2)14-11(6-15)9-5-8(13)3-4-10(9)12/h3-5,7,11,14-15H,6H2,1-2H3. The molecular weight excluding hydrogens is 277 g/mol. The highest BCUT2D eigenvalue weighted by atomic mass is 79.9. The molecule has 0 radical (unpaired) electrons. The molecule has 0 saturated carbocycles. The summed E-state index contributed by atoms with van der Waals surface area (Å²) in [7, 11) is 0. The second-order valence-electron chi connectivity index (χ2n) is 3.72. The highest BCUT2D eigenvalue weighted by Gasteiger charge is 2.14. The predicted molar refractivity (Wildman–Crippen MR) is 67.3 cm³/mol. The number of rotatable bonds is 4. The Balaban J connectivity index is 2.95. The summed E-state index contributed by atoms with van der Waals surface area (Å²) in [5, 5.41) is 13.3. The summed E-state index contributed by atoms with van der Waals surface area (Å²) >= 11 is 9.38. The van der Waals surface area contributed by atoms with Crippen molar-refractivity contribution in [2.45, 2.75) is 25.9 Å². The maximum atomic E-state index is 9.32. The fraction of sp³-hybridized carbons (Fsp3) is 0.455. The first kappa shape index (κ1) is 13.0. The van der Waals surface area contributed by atoms with Crippen LogP contribution in [0.25, 0.3) is 0 Å². The Kier molecular flexibility index (Phi) is 5.06. The zero-order valence-electron chi connectivity index (χ0n) is 8.80. The number of aliphatic hydroxyl groups excluding tert-OH is 1. The Morgan fingerprint density at radius 2 is 2.13 bits per heavy atom. The molecule has 0 heterocycles. The van der Waals surface area contributed by atoms with Crippen LogP contribution in [-0.4, -0.2) is 17.8 Å². The minimum Gasteiger partial charge on any atom is -0.394 e. The van der Waals surface area contributed by atoms with Crippen molar-refractivity contribution in [1.82, 2.24) is 5.32 Å². The zero-order chi connectivity index (χ0) is 11.4. The summed E-state index contributed by atoms with van der Waals surface area (Å²) in [5.41, 5.74) is 0.985. The molecule has 2 N–H and O–H groups in total. The number of aliphatic hydroxyl groups is 1. The molecule has 4 heteroatoms. The van der Waals surface area contributed by atoms with Crippen LogP contribution >= 0.6 is 27.5 Å². The number of halogens is 2. The van der Waals surface area contributed by atoms with Gasteiger partial charge < -0.3 is 10.4 Å². The maximum Gasteiger partial charge on any atom is 0.0627 e. The normalized spacial score (nSPS) is 13.2. The topological polar surface area (TPSA) is 32.3 Å². The van der Waals surface area contributed by atoms with Gasteiger partial charge in [-0.2, -0.15) is 0 Å². The Bertz CT molecular complexity index is 330. The molecule has 84 valence electrons. The van der Waals surface area contributed by atoms with Crippen molar-refractivity contribution >= 4 is 27.5 Å². The smallest absolute Gasteiger partial charge is 0.0627 e. The fourth-order valence-electron chi connectivity index (χ4n) is 1.42. The number of hydrogen-bond donors (Lipinski definition) is 2. The molecule has 0 aliphatic rings. The van der Waals surface area contributed by atoms with Crippen LogP contribution < -0.4 is 5.32 Å². The van der Waals surface area contributed by atoms with E-state index in [0.717, 1.165) is 10.0 Å². The van der Waals surface area contributed by atoms with Crippen LogP contribution in [0.4, 0.5) is 0 Å². The average Bonchev–Trinajstić information content (AvgIpc) is 2.18. The molecule has 1 aromatic carbocycles. The first-order valence-electron chi connectivity index (χ1n) is 4.86. The van der Waals surface area contributed by atoms with Crippen molar-refractivity contribution in [3.05, 3.63) is 33.3 Å². The van der Waals surface area contributed by atoms with Gasteiger partial charge in [-0.05, 0) is 23.8 Å². The Labute approximate surface area is 104 Å². The molecule has 1 rings (SSSR count). The molecule has 1 atom stereocenters. The van der Waals surface area contributed by atoms with Gasteiger partial charge in [-0.25, -0.2) is 0 Å². The molecule has 1 unspecified atom stereocenters. The summed E-state index contributed by atoms with van der Waals surface area (Å²) < 4.78 is 0.958. The van der Waals surface area contributed by atoms with Gasteiger partial charge in [0, 0.05) is 15.5 Å². The molecule has 0 saturated heterocycles. The lowest BCUT2D eigenvalue weighted by Gasteiger charge is -2.20. The highest BCUT2D eigenvalue weighted by molar-refractivity contribution is 9.10. The van der Waals surface area contributed by atoms with Crippen molar-refractivity contribution < 1.29 is 5.11 Å². The van der Waals surface area contributed by atoms with E-state index in [1.54, 1.807) is 0 Å². The predicted octanol–water partition coefficient (Wildman–Crippen LogP) is 3.13. The number of hydrogen-bond acceptors (Lipinski definition) is 2. The molecular formula is C11H15BrClNO. The summed E-state index contributed by atoms with van der Waals surface area (Å²) in [6.07, 6.45) is 0. The van der Waals surface area contributed by atoms with Crippen LogP contribution in [0, 0.1) is 0 Å². The van der Waals surface area contributed by atoms with E-state index < -0.39 is 0 Å². The van der Waals surface area contributed by atoms with Gasteiger partial charge in [0.1, 0.15) is 0 Å². The molecule has 0 amide bonds. The molecule has 1 aromatic rings. The van der Waals surface area contributed by atoms with E-state index in [9.17, 15) is 5.11 Å². The molecule has 0 bridgehead atoms. The van der Waals surface area contributed by atoms with Crippen LogP contribution in [0.2, 0.25) is 5.02 Å². The molecule has 0 aromatic heterocycles. The van der Waals surface area contributed by atoms with E-state index in [0.29, 0.717) is 11.1 Å². The highest BCUT2D eigenvalue weighted by Crippen LogP contribution is 2.26. The van der Waals surface area contributed by atoms with Crippen LogP contribution in [0.1, 0.15) is 25.5 Å². The Morgan fingerprint density at radius 3 is 2.67 bits per heavy atom. The van der Waals surface area contributed by atoms with Gasteiger partial charge in [0.05, 0.1) is 12.6 Å². The van der Waals surface area contributed by atoms with E-state index in [-0.39, 0.29) is 12.6 Å². The van der Waals surface area contributed by atoms with Gasteiger partial charge in [-0.15, -0.1) is 0 Å². The minimum absolute atomic E-state index is 0.0527. The third kappa shape index (κ3) is 3.76. The van der Waals surface area contributed by atoms with Crippen molar-refractivity contribution in [3.8, 4) is 0 Å². The van der Waals surface area contributed by atoms with E-state index in [4.69, 9.17) is 11.6 Å². The molecule has 2 nitrogen and oxygen atoms in total. The lowest BCUT2D eigenvalue weighted by atomic mass is 10.1. The number of nitrogens with one attached hydrogen (secondary N) is 1. The van der Waals surface area contributed by atoms with E-state index >= 15 is 0 Å². The summed E-state index contributed by atoms with van der Waals surface area (Å²) in [6.45, 7) is 4.14. The maximum absolute atomic E-state index is 9.32. The zero-order valence-corrected chi connectivity index (χ0v) is 11.1. The number of benzene rings is 1. The van der Waals surface area contributed by atoms with Crippen LogP contribution in [0.15, 0.2) is 22.7 Å². The van der Waals surface area contributed by atoms with Crippen molar-refractivity contribution in [2.75, 3.05) is 6.61 Å². The van der Waals surface area contributed by atoms with Crippen LogP contribution in [0.3, 0.4) is 0 Å². The summed E-state index contributed by atoms with van der Waals surface area (Å²) in [4.78, 5) is 0. The third-order valence-corrected chi connectivity index (χ3v) is 3.01. The van der Waals surface area contributed by atoms with Gasteiger partial charge in [-0.3, -0.25) is 0 Å². The quantitative estimate of drug-likeness (QED) is 0.893.